The zero-order valence-electron chi connectivity index (χ0n) is 21.7. The fourth-order valence-electron chi connectivity index (χ4n) is 5.91. The monoisotopic (exact) mass is 586 g/mol. The minimum atomic E-state index is -1.61. The van der Waals surface area contributed by atoms with Crippen molar-refractivity contribution in [3.63, 3.8) is 0 Å². The number of carbonyl (C=O) groups excluding carboxylic acids is 2. The Morgan fingerprint density at radius 1 is 1.02 bits per heavy atom. The second kappa shape index (κ2) is 10.2. The maximum Gasteiger partial charge on any atom is 1.00 e. The van der Waals surface area contributed by atoms with Crippen LogP contribution in [0.25, 0.3) is 10.9 Å². The van der Waals surface area contributed by atoms with Gasteiger partial charge in [-0.05, 0) is 55.5 Å². The van der Waals surface area contributed by atoms with Gasteiger partial charge < -0.3 is 19.4 Å². The zero-order valence-corrected chi connectivity index (χ0v) is 25.2. The topological polar surface area (TPSA) is 65.4 Å². The Morgan fingerprint density at radius 3 is 2.48 bits per heavy atom. The van der Waals surface area contributed by atoms with E-state index in [4.69, 9.17) is 11.6 Å². The van der Waals surface area contributed by atoms with Crippen molar-refractivity contribution >= 4 is 51.8 Å². The summed E-state index contributed by atoms with van der Waals surface area (Å²) < 4.78 is 32.5. The molecule has 198 valence electrons. The number of halogens is 3. The number of nitrogens with zero attached hydrogens (tertiary/aromatic N) is 2. The first-order valence-electron chi connectivity index (χ1n) is 12.9. The van der Waals surface area contributed by atoms with Crippen molar-refractivity contribution in [1.82, 2.24) is 4.57 Å². The molecule has 4 aromatic rings. The number of benzene rings is 3. The van der Waals surface area contributed by atoms with Gasteiger partial charge in [-0.2, -0.15) is 0 Å². The number of fused-ring (bicyclic) bond motifs is 3. The van der Waals surface area contributed by atoms with Gasteiger partial charge in [0, 0.05) is 50.0 Å². The van der Waals surface area contributed by atoms with E-state index < -0.39 is 23.2 Å². The number of carboxylic acids is 1. The van der Waals surface area contributed by atoms with Crippen LogP contribution in [0.5, 0.6) is 0 Å². The number of rotatable bonds is 6. The summed E-state index contributed by atoms with van der Waals surface area (Å²) in [5.41, 5.74) is 2.51. The van der Waals surface area contributed by atoms with Crippen molar-refractivity contribution in [3.8, 4) is 0 Å². The maximum atomic E-state index is 15.7. The number of amides is 1. The standard InChI is InChI=1S/C30H23ClF2N2O3S.Na/c31-20-11-10-18-27(25(20)33)34(14-23(36)35-15-30(12-13-30)19-5-1-2-6-21(19)35)26(16-8-9-16)28(18)39-22-7-3-4-17(24(22)32)29(37)38;/h1-7,10-11,16H,8-9,12-15H2,(H,37,38);/q;+1/p-1. The first-order valence-corrected chi connectivity index (χ1v) is 14.1. The summed E-state index contributed by atoms with van der Waals surface area (Å²) in [7, 11) is 0. The second-order valence-corrected chi connectivity index (χ2v) is 12.1. The van der Waals surface area contributed by atoms with E-state index in [0.29, 0.717) is 16.8 Å². The number of anilines is 1. The Morgan fingerprint density at radius 2 is 1.77 bits per heavy atom. The molecule has 1 spiro atoms. The smallest absolute Gasteiger partial charge is 0.545 e. The van der Waals surface area contributed by atoms with Gasteiger partial charge in [0.1, 0.15) is 12.4 Å². The van der Waals surface area contributed by atoms with E-state index in [1.54, 1.807) is 10.6 Å². The molecule has 2 aliphatic carbocycles. The van der Waals surface area contributed by atoms with Gasteiger partial charge in [-0.25, -0.2) is 8.78 Å². The molecule has 0 unspecified atom stereocenters. The molecule has 3 aromatic carbocycles. The molecule has 0 atom stereocenters. The summed E-state index contributed by atoms with van der Waals surface area (Å²) in [4.78, 5) is 27.8. The molecular formula is C30H22ClF2N2NaO3S. The van der Waals surface area contributed by atoms with Crippen molar-refractivity contribution in [3.05, 3.63) is 88.1 Å². The van der Waals surface area contributed by atoms with Gasteiger partial charge >= 0.3 is 29.6 Å². The van der Waals surface area contributed by atoms with Crippen LogP contribution >= 0.6 is 23.4 Å². The van der Waals surface area contributed by atoms with Crippen molar-refractivity contribution < 1.29 is 53.0 Å². The van der Waals surface area contributed by atoms with Crippen LogP contribution in [0.2, 0.25) is 5.02 Å². The van der Waals surface area contributed by atoms with Gasteiger partial charge in [0.25, 0.3) is 0 Å². The third-order valence-corrected chi connectivity index (χ3v) is 9.60. The molecule has 40 heavy (non-hydrogen) atoms. The van der Waals surface area contributed by atoms with Gasteiger partial charge in [0.2, 0.25) is 5.91 Å². The van der Waals surface area contributed by atoms with Crippen molar-refractivity contribution in [2.75, 3.05) is 11.4 Å². The van der Waals surface area contributed by atoms with E-state index in [2.05, 4.69) is 6.07 Å². The van der Waals surface area contributed by atoms with Crippen LogP contribution < -0.4 is 39.6 Å². The number of carbonyl (C=O) groups is 2. The van der Waals surface area contributed by atoms with Crippen LogP contribution in [0.15, 0.2) is 64.4 Å². The van der Waals surface area contributed by atoms with Crippen LogP contribution in [-0.2, 0) is 16.8 Å². The van der Waals surface area contributed by atoms with Crippen LogP contribution in [0.1, 0.15) is 53.2 Å². The number of hydrogen-bond acceptors (Lipinski definition) is 4. The van der Waals surface area contributed by atoms with Gasteiger partial charge in [-0.15, -0.1) is 0 Å². The first kappa shape index (κ1) is 27.8. The van der Waals surface area contributed by atoms with Crippen molar-refractivity contribution in [1.29, 1.82) is 0 Å². The van der Waals surface area contributed by atoms with E-state index in [1.807, 2.05) is 23.1 Å². The van der Waals surface area contributed by atoms with Crippen LogP contribution in [0.4, 0.5) is 14.5 Å². The van der Waals surface area contributed by atoms with Crippen molar-refractivity contribution in [2.45, 2.75) is 53.4 Å². The summed E-state index contributed by atoms with van der Waals surface area (Å²) >= 11 is 7.25. The first-order chi connectivity index (χ1) is 18.8. The van der Waals surface area contributed by atoms with E-state index in [-0.39, 0.29) is 68.8 Å². The predicted octanol–water partition coefficient (Wildman–Crippen LogP) is 3.05. The second-order valence-electron chi connectivity index (χ2n) is 10.6. The summed E-state index contributed by atoms with van der Waals surface area (Å²) in [6.07, 6.45) is 3.78. The molecule has 1 aromatic heterocycles. The average molecular weight is 587 g/mol. The maximum absolute atomic E-state index is 15.7. The Kier molecular flexibility index (Phi) is 7.07. The SMILES string of the molecule is O=C([O-])c1cccc(Sc2c(C3CC3)n(CC(=O)N3CC4(CC4)c4ccccc43)c3c(F)c(Cl)ccc23)c1F.[Na+]. The average Bonchev–Trinajstić information content (AvgIpc) is 3.84. The summed E-state index contributed by atoms with van der Waals surface area (Å²) in [5.74, 6) is -3.23. The Balaban J connectivity index is 0.00000289. The molecule has 1 amide bonds. The molecule has 2 fully saturated rings. The van der Waals surface area contributed by atoms with Gasteiger partial charge in [0.15, 0.2) is 5.82 Å². The summed E-state index contributed by atoms with van der Waals surface area (Å²) in [6.45, 7) is 0.515. The molecule has 0 bridgehead atoms. The molecule has 2 heterocycles. The van der Waals surface area contributed by atoms with E-state index in [9.17, 15) is 14.7 Å². The largest absolute Gasteiger partial charge is 1.00 e. The minimum Gasteiger partial charge on any atom is -0.545 e. The van der Waals surface area contributed by atoms with Crippen LogP contribution in [0.3, 0.4) is 0 Å². The molecule has 1 aliphatic heterocycles. The van der Waals surface area contributed by atoms with Crippen LogP contribution in [0, 0.1) is 11.6 Å². The fourth-order valence-corrected chi connectivity index (χ4v) is 7.29. The molecule has 0 radical (unpaired) electrons. The Labute approximate surface area is 260 Å². The van der Waals surface area contributed by atoms with Crippen LogP contribution in [-0.4, -0.2) is 23.0 Å². The number of aromatic nitrogens is 1. The van der Waals surface area contributed by atoms with Gasteiger partial charge in [0.05, 0.1) is 16.5 Å². The fraction of sp³-hybridized carbons (Fsp3) is 0.267. The third-order valence-electron chi connectivity index (χ3n) is 8.14. The van der Waals surface area contributed by atoms with Crippen molar-refractivity contribution in [2.24, 2.45) is 0 Å². The third kappa shape index (κ3) is 4.40. The van der Waals surface area contributed by atoms with Gasteiger partial charge in [-0.3, -0.25) is 4.79 Å². The van der Waals surface area contributed by atoms with E-state index in [1.165, 1.54) is 23.8 Å². The molecule has 2 saturated carbocycles. The quantitative estimate of drug-likeness (QED) is 0.326. The van der Waals surface area contributed by atoms with Gasteiger partial charge in [-0.1, -0.05) is 53.7 Å². The molecule has 0 saturated heterocycles. The summed E-state index contributed by atoms with van der Waals surface area (Å²) in [5, 5.41) is 11.9. The molecule has 0 N–H and O–H groups in total. The number of aromatic carboxylic acids is 1. The summed E-state index contributed by atoms with van der Waals surface area (Å²) in [6, 6.07) is 15.2. The normalized spacial score (nSPS) is 16.7. The number of hydrogen-bond donors (Lipinski definition) is 0. The van der Waals surface area contributed by atoms with E-state index >= 15 is 8.78 Å². The molecule has 10 heteroatoms. The molecule has 5 nitrogen and oxygen atoms in total. The van der Waals surface area contributed by atoms with E-state index in [0.717, 1.165) is 54.9 Å². The number of para-hydroxylation sites is 1. The number of carboxylic acid groups (broad SMARTS) is 1. The Bertz CT molecular complexity index is 1720. The predicted molar refractivity (Wildman–Crippen MR) is 143 cm³/mol. The molecule has 7 rings (SSSR count). The molecule has 3 aliphatic rings. The Hall–Kier alpha value is -2.36. The molecular weight excluding hydrogens is 565 g/mol. The zero-order chi connectivity index (χ0) is 27.1. The minimum absolute atomic E-state index is 0.